The molecule has 6 heteroatoms. The second kappa shape index (κ2) is 6.41. The van der Waals surface area contributed by atoms with E-state index in [0.717, 1.165) is 6.92 Å². The van der Waals surface area contributed by atoms with Crippen molar-refractivity contribution in [2.24, 2.45) is 0 Å². The van der Waals surface area contributed by atoms with Crippen molar-refractivity contribution in [2.75, 3.05) is 5.32 Å². The second-order valence-corrected chi connectivity index (χ2v) is 6.87. The maximum absolute atomic E-state index is 14.6. The highest BCUT2D eigenvalue weighted by Crippen LogP contribution is 2.42. The van der Waals surface area contributed by atoms with E-state index in [4.69, 9.17) is 0 Å². The van der Waals surface area contributed by atoms with Crippen molar-refractivity contribution in [1.29, 1.82) is 0 Å². The Kier molecular flexibility index (Phi) is 4.14. The molecule has 0 radical (unpaired) electrons. The highest BCUT2D eigenvalue weighted by Gasteiger charge is 2.34. The fraction of sp³-hybridized carbons (Fsp3) is 0.136. The average molecular weight is 382 g/mol. The molecule has 2 aromatic carbocycles. The zero-order chi connectivity index (χ0) is 20.1. The highest BCUT2D eigenvalue weighted by atomic mass is 19.3. The summed E-state index contributed by atoms with van der Waals surface area (Å²) in [7, 11) is 0. The highest BCUT2D eigenvalue weighted by molar-refractivity contribution is 6.34. The monoisotopic (exact) mass is 382 g/mol. The van der Waals surface area contributed by atoms with Gasteiger partial charge in [0.1, 0.15) is 5.82 Å². The molecule has 0 atom stereocenters. The van der Waals surface area contributed by atoms with Gasteiger partial charge in [0.15, 0.2) is 0 Å². The van der Waals surface area contributed by atoms with Gasteiger partial charge in [-0.15, -0.1) is 0 Å². The summed E-state index contributed by atoms with van der Waals surface area (Å²) >= 11 is 0. The number of amides is 1. The minimum absolute atomic E-state index is 0.131. The van der Waals surface area contributed by atoms with E-state index in [1.165, 1.54) is 24.3 Å². The number of aromatic amines is 1. The van der Waals surface area contributed by atoms with Gasteiger partial charge in [-0.25, -0.2) is 13.2 Å². The van der Waals surface area contributed by atoms with Crippen molar-refractivity contribution in [1.82, 2.24) is 4.98 Å². The lowest BCUT2D eigenvalue weighted by Crippen LogP contribution is -2.10. The van der Waals surface area contributed by atoms with Crippen LogP contribution in [0.25, 0.3) is 22.8 Å². The number of nitrogens with one attached hydrogen (secondary N) is 2. The summed E-state index contributed by atoms with van der Waals surface area (Å²) < 4.78 is 42.9. The number of rotatable bonds is 3. The van der Waals surface area contributed by atoms with Crippen LogP contribution in [0.3, 0.4) is 0 Å². The van der Waals surface area contributed by atoms with Crippen LogP contribution >= 0.6 is 0 Å². The number of anilines is 1. The number of halogens is 3. The molecular formula is C22H17F3N2O. The van der Waals surface area contributed by atoms with Crippen LogP contribution in [0, 0.1) is 12.7 Å². The van der Waals surface area contributed by atoms with Crippen LogP contribution in [-0.2, 0) is 10.7 Å². The van der Waals surface area contributed by atoms with E-state index in [1.807, 2.05) is 6.07 Å². The van der Waals surface area contributed by atoms with Crippen molar-refractivity contribution < 1.29 is 18.0 Å². The van der Waals surface area contributed by atoms with Gasteiger partial charge in [-0.1, -0.05) is 30.3 Å². The summed E-state index contributed by atoms with van der Waals surface area (Å²) in [6, 6.07) is 12.8. The van der Waals surface area contributed by atoms with Crippen LogP contribution in [-0.4, -0.2) is 10.9 Å². The number of benzene rings is 2. The summed E-state index contributed by atoms with van der Waals surface area (Å²) in [6.07, 6.45) is 1.37. The quantitative estimate of drug-likeness (QED) is 0.558. The fourth-order valence-corrected chi connectivity index (χ4v) is 3.63. The van der Waals surface area contributed by atoms with Gasteiger partial charge in [0.05, 0.1) is 11.1 Å². The number of alkyl halides is 2. The average Bonchev–Trinajstić information content (AvgIpc) is 3.13. The first-order valence-electron chi connectivity index (χ1n) is 8.75. The molecule has 2 heterocycles. The first-order valence-corrected chi connectivity index (χ1v) is 8.75. The van der Waals surface area contributed by atoms with Crippen LogP contribution in [0.5, 0.6) is 0 Å². The molecule has 28 heavy (non-hydrogen) atoms. The van der Waals surface area contributed by atoms with Gasteiger partial charge in [-0.3, -0.25) is 4.79 Å². The van der Waals surface area contributed by atoms with E-state index in [0.29, 0.717) is 28.1 Å². The molecule has 2 N–H and O–H groups in total. The summed E-state index contributed by atoms with van der Waals surface area (Å²) in [5.74, 6) is -4.11. The molecule has 1 aliphatic heterocycles. The molecule has 1 amide bonds. The predicted octanol–water partition coefficient (Wildman–Crippen LogP) is 5.73. The van der Waals surface area contributed by atoms with E-state index < -0.39 is 17.6 Å². The minimum Gasteiger partial charge on any atom is -0.358 e. The lowest BCUT2D eigenvalue weighted by Gasteiger charge is -2.14. The van der Waals surface area contributed by atoms with Gasteiger partial charge >= 0.3 is 0 Å². The second-order valence-electron chi connectivity index (χ2n) is 6.87. The van der Waals surface area contributed by atoms with Gasteiger partial charge in [0.2, 0.25) is 0 Å². The van der Waals surface area contributed by atoms with E-state index in [-0.39, 0.29) is 16.8 Å². The normalized spacial score (nSPS) is 15.0. The van der Waals surface area contributed by atoms with Gasteiger partial charge < -0.3 is 10.3 Å². The molecule has 1 aliphatic rings. The molecule has 0 saturated carbocycles. The van der Waals surface area contributed by atoms with Gasteiger partial charge in [-0.2, -0.15) is 0 Å². The topological polar surface area (TPSA) is 44.9 Å². The Bertz CT molecular complexity index is 1110. The summed E-state index contributed by atoms with van der Waals surface area (Å²) in [6.45, 7) is 2.54. The number of hydrogen-bond acceptors (Lipinski definition) is 1. The molecule has 3 aromatic rings. The van der Waals surface area contributed by atoms with Crippen LogP contribution < -0.4 is 5.32 Å². The largest absolute Gasteiger partial charge is 0.358 e. The molecule has 0 unspecified atom stereocenters. The van der Waals surface area contributed by atoms with E-state index in [2.05, 4.69) is 10.3 Å². The summed E-state index contributed by atoms with van der Waals surface area (Å²) in [4.78, 5) is 15.3. The molecule has 0 saturated heterocycles. The molecule has 0 aliphatic carbocycles. The molecule has 4 rings (SSSR count). The Labute approximate surface area is 159 Å². The van der Waals surface area contributed by atoms with Crippen molar-refractivity contribution >= 4 is 23.2 Å². The predicted molar refractivity (Wildman–Crippen MR) is 103 cm³/mol. The first kappa shape index (κ1) is 18.1. The van der Waals surface area contributed by atoms with Gasteiger partial charge in [0, 0.05) is 35.1 Å². The minimum atomic E-state index is -3.15. The van der Waals surface area contributed by atoms with Crippen molar-refractivity contribution in [3.8, 4) is 11.1 Å². The van der Waals surface area contributed by atoms with Crippen molar-refractivity contribution in [2.45, 2.75) is 19.8 Å². The molecule has 1 aromatic heterocycles. The van der Waals surface area contributed by atoms with Crippen LogP contribution in [0.4, 0.5) is 18.9 Å². The van der Waals surface area contributed by atoms with Crippen LogP contribution in [0.2, 0.25) is 0 Å². The number of hydrogen-bond donors (Lipinski definition) is 2. The third-order valence-electron chi connectivity index (χ3n) is 4.77. The molecule has 0 bridgehead atoms. The van der Waals surface area contributed by atoms with Gasteiger partial charge in [0.25, 0.3) is 11.8 Å². The number of carbonyl (C=O) groups is 1. The molecule has 0 spiro atoms. The maximum atomic E-state index is 14.6. The third-order valence-corrected chi connectivity index (χ3v) is 4.77. The van der Waals surface area contributed by atoms with Gasteiger partial charge in [-0.05, 0) is 36.8 Å². The molecule has 142 valence electrons. The standard InChI is InChI=1S/C22H17F3N2O/c1-12-19(13-6-4-3-5-7-13)20(22(2,24)25)18(26-12)11-16-15-10-14(23)8-9-17(15)27-21(16)28/h3-11,26H,1-2H3,(H,27,28)/b16-11-. The van der Waals surface area contributed by atoms with E-state index >= 15 is 0 Å². The maximum Gasteiger partial charge on any atom is 0.273 e. The Hall–Kier alpha value is -3.28. The summed E-state index contributed by atoms with van der Waals surface area (Å²) in [5, 5.41) is 2.63. The lowest BCUT2D eigenvalue weighted by molar-refractivity contribution is -0.110. The Morgan fingerprint density at radius 2 is 1.79 bits per heavy atom. The Balaban J connectivity index is 1.94. The molecular weight excluding hydrogens is 365 g/mol. The third kappa shape index (κ3) is 3.01. The smallest absolute Gasteiger partial charge is 0.273 e. The zero-order valence-electron chi connectivity index (χ0n) is 15.2. The number of aromatic nitrogens is 1. The van der Waals surface area contributed by atoms with E-state index in [1.54, 1.807) is 31.2 Å². The Morgan fingerprint density at radius 3 is 2.46 bits per heavy atom. The van der Waals surface area contributed by atoms with Crippen LogP contribution in [0.15, 0.2) is 48.5 Å². The fourth-order valence-electron chi connectivity index (χ4n) is 3.63. The SMILES string of the molecule is Cc1[nH]c(/C=C2\C(=O)Nc3ccc(F)cc32)c(C(C)(F)F)c1-c1ccccc1. The number of fused-ring (bicyclic) bond motifs is 1. The lowest BCUT2D eigenvalue weighted by atomic mass is 9.95. The van der Waals surface area contributed by atoms with E-state index in [9.17, 15) is 18.0 Å². The zero-order valence-corrected chi connectivity index (χ0v) is 15.2. The Morgan fingerprint density at radius 1 is 1.07 bits per heavy atom. The van der Waals surface area contributed by atoms with Crippen molar-refractivity contribution in [3.05, 3.63) is 76.9 Å². The van der Waals surface area contributed by atoms with Crippen LogP contribution in [0.1, 0.15) is 29.4 Å². The van der Waals surface area contributed by atoms with Crippen molar-refractivity contribution in [3.63, 3.8) is 0 Å². The number of H-pyrrole nitrogens is 1. The molecule has 0 fully saturated rings. The number of aryl methyl sites for hydroxylation is 1. The molecule has 3 nitrogen and oxygen atoms in total. The first-order chi connectivity index (χ1) is 13.3. The summed E-state index contributed by atoms with van der Waals surface area (Å²) in [5.41, 5.74) is 2.50. The number of carbonyl (C=O) groups excluding carboxylic acids is 1.